The largest absolute Gasteiger partial charge is 0.496 e. The highest BCUT2D eigenvalue weighted by atomic mass is 32.2. The third-order valence-corrected chi connectivity index (χ3v) is 8.79. The van der Waals surface area contributed by atoms with Crippen LogP contribution in [-0.4, -0.2) is 83.2 Å². The number of benzene rings is 3. The lowest BCUT2D eigenvalue weighted by Gasteiger charge is -2.17. The van der Waals surface area contributed by atoms with Gasteiger partial charge in [-0.1, -0.05) is 11.8 Å². The van der Waals surface area contributed by atoms with Crippen molar-refractivity contribution in [2.45, 2.75) is 24.9 Å². The predicted octanol–water partition coefficient (Wildman–Crippen LogP) is 6.25. The summed E-state index contributed by atoms with van der Waals surface area (Å²) in [5.74, 6) is 4.72. The minimum Gasteiger partial charge on any atom is -0.496 e. The highest BCUT2D eigenvalue weighted by Gasteiger charge is 2.24. The van der Waals surface area contributed by atoms with Gasteiger partial charge in [-0.25, -0.2) is 0 Å². The van der Waals surface area contributed by atoms with Gasteiger partial charge in [0.2, 0.25) is 22.1 Å². The Balaban J connectivity index is 1.34. The molecule has 0 spiro atoms. The van der Waals surface area contributed by atoms with E-state index in [-0.39, 0.29) is 29.1 Å². The molecule has 0 N–H and O–H groups in total. The van der Waals surface area contributed by atoms with Crippen molar-refractivity contribution in [1.82, 2.24) is 14.9 Å². The van der Waals surface area contributed by atoms with Crippen LogP contribution >= 0.6 is 11.8 Å². The summed E-state index contributed by atoms with van der Waals surface area (Å²) >= 11 is 1.52. The van der Waals surface area contributed by atoms with Crippen molar-refractivity contribution in [3.05, 3.63) is 64.1 Å². The molecule has 0 unspecified atom stereocenters. The molecule has 0 aliphatic carbocycles. The Labute approximate surface area is 299 Å². The van der Waals surface area contributed by atoms with Gasteiger partial charge in [0.15, 0.2) is 34.6 Å². The molecular formula is C36H40N4O10S. The van der Waals surface area contributed by atoms with Gasteiger partial charge < -0.3 is 42.3 Å². The van der Waals surface area contributed by atoms with E-state index in [4.69, 9.17) is 42.3 Å². The number of aryl methyl sites for hydroxylation is 1. The van der Waals surface area contributed by atoms with Crippen molar-refractivity contribution < 1.29 is 42.3 Å². The molecule has 0 amide bonds. The van der Waals surface area contributed by atoms with Crippen LogP contribution in [0.2, 0.25) is 0 Å². The number of thioether (sulfide) groups is 1. The lowest BCUT2D eigenvalue weighted by Crippen LogP contribution is -2.12. The summed E-state index contributed by atoms with van der Waals surface area (Å²) in [6.45, 7) is 2.07. The van der Waals surface area contributed by atoms with Crippen LogP contribution in [-0.2, 0) is 0 Å². The Morgan fingerprint density at radius 1 is 0.765 bits per heavy atom. The van der Waals surface area contributed by atoms with Crippen LogP contribution in [0.15, 0.2) is 61.9 Å². The first kappa shape index (κ1) is 36.7. The lowest BCUT2D eigenvalue weighted by atomic mass is 10.1. The first-order chi connectivity index (χ1) is 24.8. The van der Waals surface area contributed by atoms with Crippen LogP contribution in [0.1, 0.15) is 24.2 Å². The third-order valence-electron chi connectivity index (χ3n) is 7.79. The summed E-state index contributed by atoms with van der Waals surface area (Å²) in [6, 6.07) is 12.2. The summed E-state index contributed by atoms with van der Waals surface area (Å²) in [5.41, 5.74) is 1.18. The number of hydrogen-bond acceptors (Lipinski definition) is 14. The van der Waals surface area contributed by atoms with E-state index in [9.17, 15) is 4.79 Å². The van der Waals surface area contributed by atoms with Crippen LogP contribution in [0.3, 0.4) is 0 Å². The van der Waals surface area contributed by atoms with Crippen molar-refractivity contribution in [3.63, 3.8) is 0 Å². The van der Waals surface area contributed by atoms with Gasteiger partial charge in [-0.3, -0.25) is 4.79 Å². The molecule has 15 heteroatoms. The molecule has 0 bridgehead atoms. The molecule has 0 radical (unpaired) electrons. The molecule has 2 aromatic heterocycles. The minimum absolute atomic E-state index is 0.0211. The average Bonchev–Trinajstić information content (AvgIpc) is 3.52. The average molecular weight is 721 g/mol. The number of rotatable bonds is 17. The molecule has 5 aromatic rings. The monoisotopic (exact) mass is 720 g/mol. The van der Waals surface area contributed by atoms with Gasteiger partial charge in [0.1, 0.15) is 22.5 Å². The van der Waals surface area contributed by atoms with Gasteiger partial charge >= 0.3 is 0 Å². The summed E-state index contributed by atoms with van der Waals surface area (Å²) in [5, 5.41) is 14.0. The quantitative estimate of drug-likeness (QED) is 0.0606. The Morgan fingerprint density at radius 2 is 1.47 bits per heavy atom. The Bertz CT molecular complexity index is 2050. The minimum atomic E-state index is -0.398. The van der Waals surface area contributed by atoms with Crippen LogP contribution in [0, 0.1) is 6.92 Å². The third kappa shape index (κ3) is 7.93. The fraction of sp³-hybridized carbons (Fsp3) is 0.333. The summed E-state index contributed by atoms with van der Waals surface area (Å²) < 4.78 is 52.5. The van der Waals surface area contributed by atoms with E-state index in [0.717, 1.165) is 12.0 Å². The van der Waals surface area contributed by atoms with E-state index in [1.165, 1.54) is 47.3 Å². The second-order valence-electron chi connectivity index (χ2n) is 10.8. The first-order valence-corrected chi connectivity index (χ1v) is 16.8. The summed E-state index contributed by atoms with van der Waals surface area (Å²) in [4.78, 5) is 14.1. The molecule has 0 aliphatic heterocycles. The lowest BCUT2D eigenvalue weighted by molar-refractivity contribution is 0.301. The number of fused-ring (bicyclic) bond motifs is 1. The van der Waals surface area contributed by atoms with Crippen LogP contribution in [0.25, 0.3) is 22.3 Å². The Morgan fingerprint density at radius 3 is 2.12 bits per heavy atom. The van der Waals surface area contributed by atoms with E-state index in [2.05, 4.69) is 15.3 Å². The number of methoxy groups -OCH3 is 7. The zero-order valence-corrected chi connectivity index (χ0v) is 30.5. The van der Waals surface area contributed by atoms with Crippen molar-refractivity contribution in [3.8, 4) is 57.3 Å². The molecule has 270 valence electrons. The highest BCUT2D eigenvalue weighted by molar-refractivity contribution is 7.99. The van der Waals surface area contributed by atoms with Gasteiger partial charge in [-0.2, -0.15) is 9.78 Å². The van der Waals surface area contributed by atoms with Gasteiger partial charge in [0.25, 0.3) is 0 Å². The number of nitrogens with zero attached hydrogens (tertiary/aromatic N) is 4. The molecule has 5 rings (SSSR count). The number of hydrogen-bond donors (Lipinski definition) is 0. The van der Waals surface area contributed by atoms with Crippen molar-refractivity contribution >= 4 is 28.9 Å². The second kappa shape index (κ2) is 16.9. The van der Waals surface area contributed by atoms with Crippen LogP contribution < -0.4 is 43.3 Å². The molecule has 0 saturated carbocycles. The van der Waals surface area contributed by atoms with Gasteiger partial charge in [0.05, 0.1) is 62.6 Å². The molecular weight excluding hydrogens is 680 g/mol. The van der Waals surface area contributed by atoms with Gasteiger partial charge in [-0.05, 0) is 55.7 Å². The smallest absolute Gasteiger partial charge is 0.239 e. The van der Waals surface area contributed by atoms with Gasteiger partial charge in [-0.15, -0.1) is 10.2 Å². The molecule has 0 atom stereocenters. The van der Waals surface area contributed by atoms with Crippen molar-refractivity contribution in [2.24, 2.45) is 5.10 Å². The first-order valence-electron chi connectivity index (χ1n) is 15.8. The SMILES string of the molecule is COc1cc(OC)c2c(=O)c(OCCCCSc3nnc(C)n3N=Cc3ccc(OC)c(OC)c3)c(-c3cc(OC)c(OC)c(OC)c3)oc2c1. The van der Waals surface area contributed by atoms with Crippen molar-refractivity contribution in [2.75, 3.05) is 62.1 Å². The van der Waals surface area contributed by atoms with Crippen LogP contribution in [0.4, 0.5) is 0 Å². The topological polar surface area (TPSA) is 147 Å². The Kier molecular flexibility index (Phi) is 12.2. The van der Waals surface area contributed by atoms with E-state index >= 15 is 0 Å². The van der Waals surface area contributed by atoms with Crippen LogP contribution in [0.5, 0.6) is 46.0 Å². The van der Waals surface area contributed by atoms with Gasteiger partial charge in [0, 0.05) is 23.4 Å². The second-order valence-corrected chi connectivity index (χ2v) is 11.9. The predicted molar refractivity (Wildman–Crippen MR) is 193 cm³/mol. The fourth-order valence-electron chi connectivity index (χ4n) is 5.22. The van der Waals surface area contributed by atoms with E-state index in [1.54, 1.807) is 49.4 Å². The maximum absolute atomic E-state index is 14.1. The number of unbranched alkanes of at least 4 members (excludes halogenated alkanes) is 1. The standard InChI is InChI=1S/C36H40N4O10S/c1-21-38-39-36(40(21)37-20-22-11-12-25(43-3)26(15-22)44-4)51-14-10-9-13-49-35-32(41)31-27(45-5)18-24(42-2)19-28(31)50-33(35)23-16-29(46-6)34(48-8)30(17-23)47-7/h11-12,15-20H,9-10,13-14H2,1-8H3. The molecule has 0 fully saturated rings. The van der Waals surface area contributed by atoms with E-state index in [1.807, 2.05) is 25.1 Å². The van der Waals surface area contributed by atoms with E-state index in [0.29, 0.717) is 69.0 Å². The zero-order chi connectivity index (χ0) is 36.5. The molecule has 14 nitrogen and oxygen atoms in total. The van der Waals surface area contributed by atoms with E-state index < -0.39 is 5.43 Å². The fourth-order valence-corrected chi connectivity index (χ4v) is 6.15. The zero-order valence-electron chi connectivity index (χ0n) is 29.7. The molecule has 3 aromatic carbocycles. The number of aromatic nitrogens is 3. The maximum Gasteiger partial charge on any atom is 0.239 e. The Hall–Kier alpha value is -5.57. The molecule has 0 saturated heterocycles. The summed E-state index contributed by atoms with van der Waals surface area (Å²) in [7, 11) is 10.7. The molecule has 2 heterocycles. The summed E-state index contributed by atoms with van der Waals surface area (Å²) in [6.07, 6.45) is 3.08. The number of ether oxygens (including phenoxy) is 8. The highest BCUT2D eigenvalue weighted by Crippen LogP contribution is 2.44. The maximum atomic E-state index is 14.1. The van der Waals surface area contributed by atoms with Crippen molar-refractivity contribution in [1.29, 1.82) is 0 Å². The molecule has 0 aliphatic rings. The molecule has 51 heavy (non-hydrogen) atoms. The normalized spacial score (nSPS) is 11.1.